The van der Waals surface area contributed by atoms with E-state index in [9.17, 15) is 18.0 Å². The molecule has 2 aliphatic rings. The molecular weight excluding hydrogens is 516 g/mol. The molecule has 37 heavy (non-hydrogen) atoms. The molecule has 0 saturated carbocycles. The molecule has 0 unspecified atom stereocenters. The van der Waals surface area contributed by atoms with Gasteiger partial charge < -0.3 is 10.1 Å². The van der Waals surface area contributed by atoms with Crippen LogP contribution < -0.4 is 5.32 Å². The highest BCUT2D eigenvalue weighted by Crippen LogP contribution is 2.32. The van der Waals surface area contributed by atoms with E-state index in [1.807, 2.05) is 37.3 Å². The highest BCUT2D eigenvalue weighted by molar-refractivity contribution is 7.89. The van der Waals surface area contributed by atoms with Crippen LogP contribution in [0.25, 0.3) is 0 Å². The Hall–Kier alpha value is -2.92. The highest BCUT2D eigenvalue weighted by atomic mass is 35.5. The fraction of sp³-hybridized carbons (Fsp3) is 0.385. The normalized spacial score (nSPS) is 21.6. The van der Waals surface area contributed by atoms with E-state index in [1.54, 1.807) is 26.1 Å². The molecular formula is C26H31ClN4O5S. The van der Waals surface area contributed by atoms with Crippen LogP contribution in [-0.4, -0.2) is 80.4 Å². The zero-order valence-electron chi connectivity index (χ0n) is 21.1. The molecule has 0 aromatic heterocycles. The average Bonchev–Trinajstić information content (AvgIpc) is 2.87. The van der Waals surface area contributed by atoms with Gasteiger partial charge in [-0.1, -0.05) is 41.9 Å². The van der Waals surface area contributed by atoms with E-state index in [0.29, 0.717) is 35.9 Å². The van der Waals surface area contributed by atoms with Gasteiger partial charge in [0.05, 0.1) is 23.1 Å². The minimum Gasteiger partial charge on any atom is -0.463 e. The molecule has 9 nitrogen and oxygen atoms in total. The fourth-order valence-corrected chi connectivity index (χ4v) is 6.50. The largest absolute Gasteiger partial charge is 0.463 e. The van der Waals surface area contributed by atoms with Crippen molar-refractivity contribution in [2.45, 2.75) is 30.8 Å². The van der Waals surface area contributed by atoms with Crippen LogP contribution in [-0.2, 0) is 19.6 Å². The summed E-state index contributed by atoms with van der Waals surface area (Å²) < 4.78 is 33.4. The average molecular weight is 547 g/mol. The van der Waals surface area contributed by atoms with Crippen molar-refractivity contribution in [2.75, 3.05) is 39.8 Å². The number of piperazine rings is 1. The van der Waals surface area contributed by atoms with E-state index in [-0.39, 0.29) is 30.1 Å². The number of likely N-dealkylation sites (N-methyl/N-ethyl adjacent to an activating group) is 1. The molecule has 2 atom stereocenters. The van der Waals surface area contributed by atoms with Crippen molar-refractivity contribution in [2.24, 2.45) is 0 Å². The van der Waals surface area contributed by atoms with Gasteiger partial charge in [-0.05, 0) is 43.7 Å². The van der Waals surface area contributed by atoms with Crippen LogP contribution in [0.1, 0.15) is 25.5 Å². The van der Waals surface area contributed by atoms with Crippen LogP contribution in [0.4, 0.5) is 4.79 Å². The first-order valence-electron chi connectivity index (χ1n) is 12.1. The van der Waals surface area contributed by atoms with Gasteiger partial charge >= 0.3 is 12.0 Å². The standard InChI is InChI=1S/C26H31ClN4O5S/c1-4-36-25(32)23-22(29(3)26(33)28-24(23)19-8-6-5-7-9-19)17-30-14-15-31(18(2)16-30)37(34,35)21-12-10-20(27)11-13-21/h5-13,18,24H,4,14-17H2,1-3H3,(H,28,33)/t18-,24+/m0/s1. The summed E-state index contributed by atoms with van der Waals surface area (Å²) in [6.07, 6.45) is 0. The maximum Gasteiger partial charge on any atom is 0.338 e. The molecule has 198 valence electrons. The van der Waals surface area contributed by atoms with Crippen LogP contribution in [0.3, 0.4) is 0 Å². The quantitative estimate of drug-likeness (QED) is 0.535. The fourth-order valence-electron chi connectivity index (χ4n) is 4.76. The zero-order chi connectivity index (χ0) is 26.7. The summed E-state index contributed by atoms with van der Waals surface area (Å²) in [6.45, 7) is 5.22. The highest BCUT2D eigenvalue weighted by Gasteiger charge is 2.39. The molecule has 1 fully saturated rings. The van der Waals surface area contributed by atoms with Crippen molar-refractivity contribution in [1.82, 2.24) is 19.4 Å². The van der Waals surface area contributed by atoms with Crippen molar-refractivity contribution >= 4 is 33.6 Å². The van der Waals surface area contributed by atoms with E-state index in [4.69, 9.17) is 16.3 Å². The third-order valence-corrected chi connectivity index (χ3v) is 8.93. The molecule has 4 rings (SSSR count). The number of esters is 1. The number of nitrogens with one attached hydrogen (secondary N) is 1. The van der Waals surface area contributed by atoms with Gasteiger partial charge in [-0.15, -0.1) is 0 Å². The number of benzene rings is 2. The van der Waals surface area contributed by atoms with Crippen molar-refractivity contribution < 1.29 is 22.7 Å². The molecule has 2 amide bonds. The summed E-state index contributed by atoms with van der Waals surface area (Å²) in [5.41, 5.74) is 1.69. The number of hydrogen-bond donors (Lipinski definition) is 1. The zero-order valence-corrected chi connectivity index (χ0v) is 22.6. The number of nitrogens with zero attached hydrogens (tertiary/aromatic N) is 3. The number of halogens is 1. The van der Waals surface area contributed by atoms with Crippen LogP contribution in [0, 0.1) is 0 Å². The number of sulfonamides is 1. The number of hydrogen-bond acceptors (Lipinski definition) is 6. The summed E-state index contributed by atoms with van der Waals surface area (Å²) in [4.78, 5) is 29.7. The van der Waals surface area contributed by atoms with Crippen LogP contribution >= 0.6 is 11.6 Å². The van der Waals surface area contributed by atoms with Gasteiger partial charge in [0.2, 0.25) is 10.0 Å². The number of urea groups is 1. The lowest BCUT2D eigenvalue weighted by atomic mass is 9.94. The third-order valence-electron chi connectivity index (χ3n) is 6.65. The van der Waals surface area contributed by atoms with Crippen molar-refractivity contribution in [1.29, 1.82) is 0 Å². The molecule has 11 heteroatoms. The van der Waals surface area contributed by atoms with Crippen LogP contribution in [0.5, 0.6) is 0 Å². The minimum atomic E-state index is -3.69. The monoisotopic (exact) mass is 546 g/mol. The molecule has 0 radical (unpaired) electrons. The molecule has 1 saturated heterocycles. The van der Waals surface area contributed by atoms with E-state index in [0.717, 1.165) is 5.56 Å². The van der Waals surface area contributed by atoms with Gasteiger partial charge in [-0.2, -0.15) is 4.31 Å². The van der Waals surface area contributed by atoms with Gasteiger partial charge in [0.1, 0.15) is 0 Å². The van der Waals surface area contributed by atoms with Crippen LogP contribution in [0.2, 0.25) is 5.02 Å². The lowest BCUT2D eigenvalue weighted by Gasteiger charge is -2.41. The van der Waals surface area contributed by atoms with Gasteiger partial charge in [0.25, 0.3) is 0 Å². The topological polar surface area (TPSA) is 99.3 Å². The van der Waals surface area contributed by atoms with Gasteiger partial charge in [0, 0.05) is 50.0 Å². The van der Waals surface area contributed by atoms with Crippen molar-refractivity contribution in [3.63, 3.8) is 0 Å². The second kappa shape index (κ2) is 11.2. The van der Waals surface area contributed by atoms with E-state index < -0.39 is 22.0 Å². The molecule has 1 N–H and O–H groups in total. The summed E-state index contributed by atoms with van der Waals surface area (Å²) >= 11 is 5.93. The molecule has 0 aliphatic carbocycles. The van der Waals surface area contributed by atoms with Gasteiger partial charge in [-0.25, -0.2) is 18.0 Å². The summed E-state index contributed by atoms with van der Waals surface area (Å²) in [5.74, 6) is -0.491. The molecule has 0 spiro atoms. The lowest BCUT2D eigenvalue weighted by molar-refractivity contribution is -0.139. The van der Waals surface area contributed by atoms with Crippen molar-refractivity contribution in [3.8, 4) is 0 Å². The predicted molar refractivity (Wildman–Crippen MR) is 140 cm³/mol. The predicted octanol–water partition coefficient (Wildman–Crippen LogP) is 3.25. The Balaban J connectivity index is 1.61. The molecule has 0 bridgehead atoms. The molecule has 2 heterocycles. The van der Waals surface area contributed by atoms with Crippen LogP contribution in [0.15, 0.2) is 70.8 Å². The Morgan fingerprint density at radius 1 is 1.11 bits per heavy atom. The van der Waals surface area contributed by atoms with Gasteiger partial charge in [0.15, 0.2) is 0 Å². The number of rotatable bonds is 7. The Bertz CT molecular complexity index is 1280. The molecule has 2 aromatic carbocycles. The smallest absolute Gasteiger partial charge is 0.338 e. The Kier molecular flexibility index (Phi) is 8.23. The Morgan fingerprint density at radius 2 is 1.78 bits per heavy atom. The second-order valence-electron chi connectivity index (χ2n) is 9.09. The van der Waals surface area contributed by atoms with Gasteiger partial charge in [-0.3, -0.25) is 9.80 Å². The number of ether oxygens (including phenoxy) is 1. The first kappa shape index (κ1) is 27.1. The van der Waals surface area contributed by atoms with E-state index in [2.05, 4.69) is 10.2 Å². The Labute approximate surface area is 222 Å². The first-order chi connectivity index (χ1) is 17.6. The number of carbonyl (C=O) groups excluding carboxylic acids is 2. The second-order valence-corrected chi connectivity index (χ2v) is 11.4. The minimum absolute atomic E-state index is 0.193. The first-order valence-corrected chi connectivity index (χ1v) is 13.9. The summed E-state index contributed by atoms with van der Waals surface area (Å²) in [6, 6.07) is 14.1. The Morgan fingerprint density at radius 3 is 2.41 bits per heavy atom. The van der Waals surface area contributed by atoms with E-state index >= 15 is 0 Å². The number of amides is 2. The van der Waals surface area contributed by atoms with Crippen molar-refractivity contribution in [3.05, 3.63) is 76.5 Å². The summed E-state index contributed by atoms with van der Waals surface area (Å²) in [5, 5.41) is 3.38. The molecule has 2 aliphatic heterocycles. The lowest BCUT2D eigenvalue weighted by Crippen LogP contribution is -2.56. The summed E-state index contributed by atoms with van der Waals surface area (Å²) in [7, 11) is -2.07. The third kappa shape index (κ3) is 5.67. The molecule has 2 aromatic rings. The van der Waals surface area contributed by atoms with E-state index in [1.165, 1.54) is 21.3 Å². The maximum atomic E-state index is 13.2. The maximum absolute atomic E-state index is 13.2. The SMILES string of the molecule is CCOC(=O)C1=C(CN2CCN(S(=O)(=O)c3ccc(Cl)cc3)[C@@H](C)C2)N(C)C(=O)N[C@@H]1c1ccccc1. The number of carbonyl (C=O) groups is 2.